The number of hydrogen-bond donors (Lipinski definition) is 2. The Hall–Kier alpha value is -2.62. The zero-order chi connectivity index (χ0) is 14.4. The second kappa shape index (κ2) is 6.52. The number of nitrogens with one attached hydrogen (secondary N) is 2. The summed E-state index contributed by atoms with van der Waals surface area (Å²) in [7, 11) is 0. The van der Waals surface area contributed by atoms with Crippen molar-refractivity contribution in [2.75, 3.05) is 5.43 Å². The predicted molar refractivity (Wildman–Crippen MR) is 82.9 cm³/mol. The van der Waals surface area contributed by atoms with Crippen LogP contribution in [0, 0.1) is 13.8 Å². The number of anilines is 1. The number of rotatable bonds is 5. The van der Waals surface area contributed by atoms with E-state index in [1.165, 1.54) is 0 Å². The molecule has 2 rings (SSSR count). The van der Waals surface area contributed by atoms with E-state index in [-0.39, 0.29) is 0 Å². The van der Waals surface area contributed by atoms with Crippen LogP contribution in [-0.4, -0.2) is 9.97 Å². The molecule has 20 heavy (non-hydrogen) atoms. The molecule has 0 amide bonds. The van der Waals surface area contributed by atoms with Gasteiger partial charge in [-0.25, -0.2) is 9.97 Å². The van der Waals surface area contributed by atoms with E-state index >= 15 is 0 Å². The van der Waals surface area contributed by atoms with Gasteiger partial charge in [0.25, 0.3) is 0 Å². The number of allylic oxidation sites excluding steroid dienone is 1. The number of aryl methyl sites for hydroxylation is 2. The molecule has 0 aliphatic heterocycles. The van der Waals surface area contributed by atoms with E-state index in [4.69, 9.17) is 0 Å². The molecule has 2 N–H and O–H groups in total. The molecule has 0 fully saturated rings. The molecule has 1 heterocycles. The zero-order valence-electron chi connectivity index (χ0n) is 11.7. The summed E-state index contributed by atoms with van der Waals surface area (Å²) in [5.41, 5.74) is 9.61. The molecule has 0 atom stereocenters. The van der Waals surface area contributed by atoms with Gasteiger partial charge in [-0.2, -0.15) is 0 Å². The standard InChI is InChI=1S/C16H18N4/c1-12(9-10-15-7-5-4-6-8-15)19-20-16-17-13(2)11-14(3)18-16/h4-11,19H,1H2,2-3H3,(H,17,18,20). The Morgan fingerprint density at radius 3 is 2.40 bits per heavy atom. The lowest BCUT2D eigenvalue weighted by Gasteiger charge is -2.09. The molecule has 0 spiro atoms. The largest absolute Gasteiger partial charge is 0.299 e. The Bertz CT molecular complexity index is 597. The van der Waals surface area contributed by atoms with Crippen molar-refractivity contribution >= 4 is 12.0 Å². The quantitative estimate of drug-likeness (QED) is 0.644. The summed E-state index contributed by atoms with van der Waals surface area (Å²) in [6, 6.07) is 12.0. The number of benzene rings is 1. The van der Waals surface area contributed by atoms with Crippen molar-refractivity contribution in [2.45, 2.75) is 13.8 Å². The molecular formula is C16H18N4. The van der Waals surface area contributed by atoms with Crippen LogP contribution < -0.4 is 10.9 Å². The molecule has 0 aliphatic rings. The third kappa shape index (κ3) is 4.24. The van der Waals surface area contributed by atoms with Crippen LogP contribution in [-0.2, 0) is 0 Å². The Labute approximate surface area is 119 Å². The van der Waals surface area contributed by atoms with Crippen LogP contribution in [0.2, 0.25) is 0 Å². The minimum Gasteiger partial charge on any atom is -0.299 e. The molecule has 0 saturated heterocycles. The highest BCUT2D eigenvalue weighted by Gasteiger charge is 1.97. The van der Waals surface area contributed by atoms with Crippen LogP contribution in [0.25, 0.3) is 6.08 Å². The van der Waals surface area contributed by atoms with Gasteiger partial charge in [0.05, 0.1) is 0 Å². The fraction of sp³-hybridized carbons (Fsp3) is 0.125. The topological polar surface area (TPSA) is 49.8 Å². The lowest BCUT2D eigenvalue weighted by molar-refractivity contribution is 0.935. The third-order valence-corrected chi connectivity index (χ3v) is 2.59. The number of aromatic nitrogens is 2. The first kappa shape index (κ1) is 13.8. The normalized spacial score (nSPS) is 10.5. The summed E-state index contributed by atoms with van der Waals surface area (Å²) >= 11 is 0. The van der Waals surface area contributed by atoms with E-state index in [1.807, 2.05) is 62.4 Å². The Kier molecular flexibility index (Phi) is 4.50. The average molecular weight is 266 g/mol. The van der Waals surface area contributed by atoms with Crippen LogP contribution in [0.15, 0.2) is 54.8 Å². The van der Waals surface area contributed by atoms with Gasteiger partial charge in [-0.3, -0.25) is 10.9 Å². The van der Waals surface area contributed by atoms with Crippen molar-refractivity contribution in [3.8, 4) is 0 Å². The van der Waals surface area contributed by atoms with Crippen molar-refractivity contribution in [2.24, 2.45) is 0 Å². The van der Waals surface area contributed by atoms with Gasteiger partial charge in [-0.05, 0) is 31.6 Å². The van der Waals surface area contributed by atoms with E-state index in [0.717, 1.165) is 22.6 Å². The highest BCUT2D eigenvalue weighted by Crippen LogP contribution is 2.04. The summed E-state index contributed by atoms with van der Waals surface area (Å²) in [5.74, 6) is 0.539. The molecule has 1 aromatic heterocycles. The first-order valence-electron chi connectivity index (χ1n) is 6.40. The van der Waals surface area contributed by atoms with Gasteiger partial charge < -0.3 is 0 Å². The van der Waals surface area contributed by atoms with Crippen molar-refractivity contribution in [3.05, 3.63) is 71.7 Å². The van der Waals surface area contributed by atoms with Crippen molar-refractivity contribution in [1.29, 1.82) is 0 Å². The van der Waals surface area contributed by atoms with Gasteiger partial charge in [-0.15, -0.1) is 0 Å². The molecule has 0 radical (unpaired) electrons. The van der Waals surface area contributed by atoms with Gasteiger partial charge in [-0.1, -0.05) is 43.0 Å². The predicted octanol–water partition coefficient (Wildman–Crippen LogP) is 3.24. The molecule has 0 saturated carbocycles. The minimum absolute atomic E-state index is 0.539. The summed E-state index contributed by atoms with van der Waals surface area (Å²) < 4.78 is 0. The molecule has 102 valence electrons. The highest BCUT2D eigenvalue weighted by atomic mass is 15.4. The number of hydrazine groups is 1. The van der Waals surface area contributed by atoms with E-state index < -0.39 is 0 Å². The highest BCUT2D eigenvalue weighted by molar-refractivity contribution is 5.52. The zero-order valence-corrected chi connectivity index (χ0v) is 11.7. The van der Waals surface area contributed by atoms with Gasteiger partial charge in [0.1, 0.15) is 0 Å². The number of hydrogen-bond acceptors (Lipinski definition) is 4. The Balaban J connectivity index is 1.91. The van der Waals surface area contributed by atoms with Crippen molar-refractivity contribution in [1.82, 2.24) is 15.4 Å². The van der Waals surface area contributed by atoms with E-state index in [0.29, 0.717) is 5.95 Å². The summed E-state index contributed by atoms with van der Waals surface area (Å²) in [6.45, 7) is 7.78. The van der Waals surface area contributed by atoms with E-state index in [9.17, 15) is 0 Å². The third-order valence-electron chi connectivity index (χ3n) is 2.59. The fourth-order valence-electron chi connectivity index (χ4n) is 1.72. The second-order valence-corrected chi connectivity index (χ2v) is 4.49. The molecule has 4 nitrogen and oxygen atoms in total. The molecule has 0 aliphatic carbocycles. The van der Waals surface area contributed by atoms with Gasteiger partial charge in [0, 0.05) is 17.1 Å². The van der Waals surface area contributed by atoms with Crippen LogP contribution in [0.5, 0.6) is 0 Å². The first-order valence-corrected chi connectivity index (χ1v) is 6.40. The van der Waals surface area contributed by atoms with Gasteiger partial charge in [0.2, 0.25) is 5.95 Å². The first-order chi connectivity index (χ1) is 9.63. The lowest BCUT2D eigenvalue weighted by Crippen LogP contribution is -2.21. The molecular weight excluding hydrogens is 248 g/mol. The average Bonchev–Trinajstić information content (AvgIpc) is 2.43. The summed E-state index contributed by atoms with van der Waals surface area (Å²) in [6.07, 6.45) is 3.88. The maximum absolute atomic E-state index is 4.27. The molecule has 2 aromatic rings. The SMILES string of the molecule is C=C(C=Cc1ccccc1)NNc1nc(C)cc(C)n1. The van der Waals surface area contributed by atoms with Crippen LogP contribution in [0.3, 0.4) is 0 Å². The smallest absolute Gasteiger partial charge is 0.242 e. The minimum atomic E-state index is 0.539. The van der Waals surface area contributed by atoms with Crippen LogP contribution in [0.1, 0.15) is 17.0 Å². The molecule has 1 aromatic carbocycles. The Morgan fingerprint density at radius 1 is 1.10 bits per heavy atom. The molecule has 0 unspecified atom stereocenters. The van der Waals surface area contributed by atoms with E-state index in [1.54, 1.807) is 0 Å². The summed E-state index contributed by atoms with van der Waals surface area (Å²) in [4.78, 5) is 8.55. The van der Waals surface area contributed by atoms with Crippen LogP contribution in [0.4, 0.5) is 5.95 Å². The van der Waals surface area contributed by atoms with Crippen molar-refractivity contribution in [3.63, 3.8) is 0 Å². The summed E-state index contributed by atoms with van der Waals surface area (Å²) in [5, 5.41) is 0. The maximum atomic E-state index is 4.27. The monoisotopic (exact) mass is 266 g/mol. The van der Waals surface area contributed by atoms with Crippen molar-refractivity contribution < 1.29 is 0 Å². The van der Waals surface area contributed by atoms with Gasteiger partial charge in [0.15, 0.2) is 0 Å². The Morgan fingerprint density at radius 2 is 1.75 bits per heavy atom. The molecule has 4 heteroatoms. The number of nitrogens with zero attached hydrogens (tertiary/aromatic N) is 2. The fourth-order valence-corrected chi connectivity index (χ4v) is 1.72. The van der Waals surface area contributed by atoms with Gasteiger partial charge >= 0.3 is 0 Å². The second-order valence-electron chi connectivity index (χ2n) is 4.49. The maximum Gasteiger partial charge on any atom is 0.242 e. The molecule has 0 bridgehead atoms. The van der Waals surface area contributed by atoms with Crippen LogP contribution >= 0.6 is 0 Å². The van der Waals surface area contributed by atoms with E-state index in [2.05, 4.69) is 27.4 Å². The lowest BCUT2D eigenvalue weighted by atomic mass is 10.2.